The van der Waals surface area contributed by atoms with Gasteiger partial charge >= 0.3 is 11.7 Å². The molecule has 0 aliphatic carbocycles. The summed E-state index contributed by atoms with van der Waals surface area (Å²) in [5, 5.41) is 10.7. The highest BCUT2D eigenvalue weighted by molar-refractivity contribution is 5.69. The molecule has 0 heterocycles. The first kappa shape index (κ1) is 14.9. The van der Waals surface area contributed by atoms with E-state index in [2.05, 4.69) is 0 Å². The van der Waals surface area contributed by atoms with Crippen LogP contribution >= 0.6 is 0 Å². The minimum absolute atomic E-state index is 0.0725. The topological polar surface area (TPSA) is 78.7 Å². The third-order valence-electron chi connectivity index (χ3n) is 2.21. The van der Waals surface area contributed by atoms with E-state index in [1.807, 2.05) is 0 Å². The highest BCUT2D eigenvalue weighted by atomic mass is 19.1. The van der Waals surface area contributed by atoms with Crippen LogP contribution in [0.1, 0.15) is 19.8 Å². The maximum absolute atomic E-state index is 13.0. The van der Waals surface area contributed by atoms with Gasteiger partial charge in [0.15, 0.2) is 5.75 Å². The summed E-state index contributed by atoms with van der Waals surface area (Å²) in [6.07, 6.45) is 0.490. The van der Waals surface area contributed by atoms with Crippen molar-refractivity contribution in [2.24, 2.45) is 0 Å². The van der Waals surface area contributed by atoms with Gasteiger partial charge in [0, 0.05) is 18.6 Å². The molecular weight excluding hydrogens is 257 g/mol. The number of ether oxygens (including phenoxy) is 2. The number of hydrogen-bond donors (Lipinski definition) is 0. The maximum atomic E-state index is 13.0. The zero-order valence-corrected chi connectivity index (χ0v) is 10.4. The summed E-state index contributed by atoms with van der Waals surface area (Å²) in [6, 6.07) is 2.97. The molecule has 0 aliphatic heterocycles. The lowest BCUT2D eigenvalue weighted by atomic mass is 10.3. The van der Waals surface area contributed by atoms with Crippen molar-refractivity contribution in [1.82, 2.24) is 0 Å². The van der Waals surface area contributed by atoms with Crippen molar-refractivity contribution in [3.8, 4) is 5.75 Å². The van der Waals surface area contributed by atoms with Gasteiger partial charge in [0.25, 0.3) is 0 Å². The second-order valence-corrected chi connectivity index (χ2v) is 3.63. The minimum atomic E-state index is -0.653. The summed E-state index contributed by atoms with van der Waals surface area (Å²) in [5.74, 6) is -1.13. The Labute approximate surface area is 109 Å². The van der Waals surface area contributed by atoms with E-state index < -0.39 is 10.7 Å². The lowest BCUT2D eigenvalue weighted by molar-refractivity contribution is -0.385. The van der Waals surface area contributed by atoms with Crippen molar-refractivity contribution in [2.75, 3.05) is 13.2 Å². The molecule has 6 nitrogen and oxygen atoms in total. The van der Waals surface area contributed by atoms with Crippen LogP contribution in [0.4, 0.5) is 10.1 Å². The first-order valence-electron chi connectivity index (χ1n) is 5.77. The lowest BCUT2D eigenvalue weighted by Crippen LogP contribution is -2.07. The second-order valence-electron chi connectivity index (χ2n) is 3.63. The van der Waals surface area contributed by atoms with Crippen LogP contribution in [0.15, 0.2) is 18.2 Å². The van der Waals surface area contributed by atoms with Gasteiger partial charge in [-0.25, -0.2) is 4.39 Å². The molecule has 0 aromatic heterocycles. The summed E-state index contributed by atoms with van der Waals surface area (Å²) < 4.78 is 22.8. The van der Waals surface area contributed by atoms with Crippen LogP contribution in [0, 0.1) is 15.9 Å². The molecule has 0 bridgehead atoms. The Hall–Kier alpha value is -2.18. The summed E-state index contributed by atoms with van der Waals surface area (Å²) >= 11 is 0. The predicted molar refractivity (Wildman–Crippen MR) is 64.4 cm³/mol. The van der Waals surface area contributed by atoms with Gasteiger partial charge in [-0.2, -0.15) is 0 Å². The lowest BCUT2D eigenvalue weighted by Gasteiger charge is -2.06. The summed E-state index contributed by atoms with van der Waals surface area (Å²) in [6.45, 7) is 2.07. The van der Waals surface area contributed by atoms with E-state index in [-0.39, 0.29) is 30.4 Å². The third kappa shape index (κ3) is 4.90. The van der Waals surface area contributed by atoms with Crippen LogP contribution < -0.4 is 4.74 Å². The Kier molecular flexibility index (Phi) is 5.72. The molecule has 1 aromatic rings. The van der Waals surface area contributed by atoms with Crippen molar-refractivity contribution in [3.05, 3.63) is 34.1 Å². The average molecular weight is 271 g/mol. The van der Waals surface area contributed by atoms with Gasteiger partial charge in [-0.05, 0) is 19.4 Å². The van der Waals surface area contributed by atoms with Crippen molar-refractivity contribution in [2.45, 2.75) is 19.8 Å². The van der Waals surface area contributed by atoms with Crippen LogP contribution in [-0.4, -0.2) is 24.1 Å². The molecule has 0 unspecified atom stereocenters. The smallest absolute Gasteiger partial charge is 0.311 e. The SMILES string of the molecule is CCOC(=O)CCCOc1cc(F)ccc1[N+](=O)[O-]. The summed E-state index contributed by atoms with van der Waals surface area (Å²) in [7, 11) is 0. The molecule has 1 aromatic carbocycles. The van der Waals surface area contributed by atoms with Crippen LogP contribution in [0.25, 0.3) is 0 Å². The first-order valence-corrected chi connectivity index (χ1v) is 5.77. The maximum Gasteiger partial charge on any atom is 0.311 e. The van der Waals surface area contributed by atoms with E-state index >= 15 is 0 Å². The minimum Gasteiger partial charge on any atom is -0.487 e. The Bertz CT molecular complexity index is 463. The number of hydrogen-bond acceptors (Lipinski definition) is 5. The largest absolute Gasteiger partial charge is 0.487 e. The van der Waals surface area contributed by atoms with Crippen LogP contribution in [0.5, 0.6) is 5.75 Å². The highest BCUT2D eigenvalue weighted by Crippen LogP contribution is 2.27. The molecular formula is C12H14FNO5. The number of rotatable bonds is 7. The van der Waals surface area contributed by atoms with Crippen molar-refractivity contribution >= 4 is 11.7 Å². The molecule has 0 fully saturated rings. The van der Waals surface area contributed by atoms with Gasteiger partial charge in [0.1, 0.15) is 5.82 Å². The molecule has 19 heavy (non-hydrogen) atoms. The number of carbonyl (C=O) groups excluding carboxylic acids is 1. The van der Waals surface area contributed by atoms with Gasteiger partial charge in [-0.15, -0.1) is 0 Å². The quantitative estimate of drug-likeness (QED) is 0.329. The Morgan fingerprint density at radius 3 is 2.84 bits per heavy atom. The first-order chi connectivity index (χ1) is 9.04. The van der Waals surface area contributed by atoms with Crippen molar-refractivity contribution in [1.29, 1.82) is 0 Å². The number of benzene rings is 1. The van der Waals surface area contributed by atoms with Crippen LogP contribution in [-0.2, 0) is 9.53 Å². The molecule has 0 saturated carbocycles. The van der Waals surface area contributed by atoms with Crippen molar-refractivity contribution < 1.29 is 23.6 Å². The number of halogens is 1. The molecule has 1 rings (SSSR count). The molecule has 104 valence electrons. The van der Waals surface area contributed by atoms with Gasteiger partial charge < -0.3 is 9.47 Å². The molecule has 0 saturated heterocycles. The van der Waals surface area contributed by atoms with Gasteiger partial charge in [-0.1, -0.05) is 0 Å². The Morgan fingerprint density at radius 1 is 1.47 bits per heavy atom. The van der Waals surface area contributed by atoms with Crippen LogP contribution in [0.2, 0.25) is 0 Å². The monoisotopic (exact) mass is 271 g/mol. The molecule has 0 radical (unpaired) electrons. The van der Waals surface area contributed by atoms with Gasteiger partial charge in [0.2, 0.25) is 0 Å². The fraction of sp³-hybridized carbons (Fsp3) is 0.417. The molecule has 0 N–H and O–H groups in total. The summed E-state index contributed by atoms with van der Waals surface area (Å²) in [4.78, 5) is 21.1. The third-order valence-corrected chi connectivity index (χ3v) is 2.21. The van der Waals surface area contributed by atoms with Gasteiger partial charge in [0.05, 0.1) is 18.1 Å². The number of carbonyl (C=O) groups is 1. The van der Waals surface area contributed by atoms with Crippen LogP contribution in [0.3, 0.4) is 0 Å². The van der Waals surface area contributed by atoms with Gasteiger partial charge in [-0.3, -0.25) is 14.9 Å². The Morgan fingerprint density at radius 2 is 2.21 bits per heavy atom. The van der Waals surface area contributed by atoms with E-state index in [0.717, 1.165) is 18.2 Å². The number of nitrogens with zero attached hydrogens (tertiary/aromatic N) is 1. The Balaban J connectivity index is 2.51. The van der Waals surface area contributed by atoms with E-state index in [0.29, 0.717) is 13.0 Å². The van der Waals surface area contributed by atoms with E-state index in [1.165, 1.54) is 0 Å². The molecule has 0 aliphatic rings. The summed E-state index contributed by atoms with van der Waals surface area (Å²) in [5.41, 5.74) is -0.308. The fourth-order valence-corrected chi connectivity index (χ4v) is 1.39. The standard InChI is InChI=1S/C12H14FNO5/c1-2-18-12(15)4-3-7-19-11-8-9(13)5-6-10(11)14(16)17/h5-6,8H,2-4,7H2,1H3. The van der Waals surface area contributed by atoms with E-state index in [9.17, 15) is 19.3 Å². The zero-order chi connectivity index (χ0) is 14.3. The zero-order valence-electron chi connectivity index (χ0n) is 10.4. The van der Waals surface area contributed by atoms with E-state index in [1.54, 1.807) is 6.92 Å². The number of esters is 1. The van der Waals surface area contributed by atoms with Crippen molar-refractivity contribution in [3.63, 3.8) is 0 Å². The molecule has 7 heteroatoms. The molecule has 0 atom stereocenters. The average Bonchev–Trinajstić information content (AvgIpc) is 2.34. The fourth-order valence-electron chi connectivity index (χ4n) is 1.39. The molecule has 0 amide bonds. The highest BCUT2D eigenvalue weighted by Gasteiger charge is 2.15. The number of nitro groups is 1. The second kappa shape index (κ2) is 7.30. The molecule has 0 spiro atoms. The normalized spacial score (nSPS) is 10.0. The predicted octanol–water partition coefficient (Wildman–Crippen LogP) is 2.46. The van der Waals surface area contributed by atoms with E-state index in [4.69, 9.17) is 9.47 Å². The number of nitro benzene ring substituents is 1.